The summed E-state index contributed by atoms with van der Waals surface area (Å²) in [5, 5.41) is -0.453. The van der Waals surface area contributed by atoms with Gasteiger partial charge in [0.15, 0.2) is 11.5 Å². The van der Waals surface area contributed by atoms with E-state index in [-0.39, 0.29) is 18.4 Å². The van der Waals surface area contributed by atoms with Crippen molar-refractivity contribution in [2.24, 2.45) is 0 Å². The molecular weight excluding hydrogens is 302 g/mol. The summed E-state index contributed by atoms with van der Waals surface area (Å²) in [5.74, 6) is 1.31. The number of halogens is 1. The highest BCUT2D eigenvalue weighted by Crippen LogP contribution is 2.27. The fourth-order valence-electron chi connectivity index (χ4n) is 2.04. The van der Waals surface area contributed by atoms with Gasteiger partial charge in [-0.3, -0.25) is 9.00 Å². The van der Waals surface area contributed by atoms with Gasteiger partial charge in [-0.25, -0.2) is 0 Å². The number of carbonyl (C=O) groups excluding carboxylic acids is 1. The summed E-state index contributed by atoms with van der Waals surface area (Å²) < 4.78 is 22.8. The van der Waals surface area contributed by atoms with E-state index in [0.717, 1.165) is 0 Å². The van der Waals surface area contributed by atoms with Crippen LogP contribution in [-0.2, 0) is 15.6 Å². The lowest BCUT2D eigenvalue weighted by atomic mass is 10.3. The van der Waals surface area contributed by atoms with Crippen LogP contribution in [0.5, 0.6) is 11.5 Å². The fourth-order valence-corrected chi connectivity index (χ4v) is 3.57. The Labute approximate surface area is 125 Å². The Morgan fingerprint density at radius 3 is 2.80 bits per heavy atom. The Morgan fingerprint density at radius 2 is 2.15 bits per heavy atom. The molecule has 0 saturated carbocycles. The van der Waals surface area contributed by atoms with Crippen LogP contribution in [0.15, 0.2) is 24.3 Å². The molecule has 1 heterocycles. The summed E-state index contributed by atoms with van der Waals surface area (Å²) in [5.41, 5.74) is 0. The summed E-state index contributed by atoms with van der Waals surface area (Å²) in [7, 11) is 0.440. The van der Waals surface area contributed by atoms with E-state index in [2.05, 4.69) is 0 Å². The molecule has 0 bridgehead atoms. The number of amides is 1. The summed E-state index contributed by atoms with van der Waals surface area (Å²) in [6, 6.07) is 7.21. The zero-order valence-corrected chi connectivity index (χ0v) is 12.7. The predicted octanol–water partition coefficient (Wildman–Crippen LogP) is 1.23. The maximum Gasteiger partial charge on any atom is 0.238 e. The van der Waals surface area contributed by atoms with Gasteiger partial charge in [0, 0.05) is 23.1 Å². The highest BCUT2D eigenvalue weighted by Gasteiger charge is 2.34. The third-order valence-corrected chi connectivity index (χ3v) is 4.88. The molecule has 2 unspecified atom stereocenters. The number of carbonyl (C=O) groups is 1. The minimum atomic E-state index is -1.11. The van der Waals surface area contributed by atoms with Crippen molar-refractivity contribution < 1.29 is 18.5 Å². The van der Waals surface area contributed by atoms with E-state index in [1.54, 1.807) is 19.2 Å². The highest BCUT2D eigenvalue weighted by atomic mass is 35.5. The first-order valence-electron chi connectivity index (χ1n) is 6.15. The first kappa shape index (κ1) is 15.1. The van der Waals surface area contributed by atoms with E-state index in [1.165, 1.54) is 4.90 Å². The number of hydrogen-bond donors (Lipinski definition) is 0. The smallest absolute Gasteiger partial charge is 0.238 e. The van der Waals surface area contributed by atoms with Crippen LogP contribution < -0.4 is 9.47 Å². The SMILES string of the molecule is COc1ccccc1OCC1N(C(=O)CCl)CCS1=O. The normalized spacial score (nSPS) is 21.8. The Morgan fingerprint density at radius 1 is 1.45 bits per heavy atom. The van der Waals surface area contributed by atoms with E-state index >= 15 is 0 Å². The van der Waals surface area contributed by atoms with Gasteiger partial charge in [0.2, 0.25) is 5.91 Å². The largest absolute Gasteiger partial charge is 0.493 e. The number of rotatable bonds is 5. The topological polar surface area (TPSA) is 55.8 Å². The Balaban J connectivity index is 2.05. The Hall–Kier alpha value is -1.27. The molecule has 7 heteroatoms. The third kappa shape index (κ3) is 3.24. The zero-order chi connectivity index (χ0) is 14.5. The lowest BCUT2D eigenvalue weighted by molar-refractivity contribution is -0.128. The van der Waals surface area contributed by atoms with Gasteiger partial charge in [-0.15, -0.1) is 11.6 Å². The van der Waals surface area contributed by atoms with Crippen LogP contribution in [0.4, 0.5) is 0 Å². The van der Waals surface area contributed by atoms with Crippen molar-refractivity contribution in [1.82, 2.24) is 4.90 Å². The highest BCUT2D eigenvalue weighted by molar-refractivity contribution is 7.85. The summed E-state index contributed by atoms with van der Waals surface area (Å²) in [4.78, 5) is 13.2. The molecule has 0 aliphatic carbocycles. The van der Waals surface area contributed by atoms with E-state index in [1.807, 2.05) is 12.1 Å². The van der Waals surface area contributed by atoms with Crippen LogP contribution in [-0.4, -0.2) is 52.3 Å². The van der Waals surface area contributed by atoms with E-state index in [9.17, 15) is 9.00 Å². The van der Waals surface area contributed by atoms with E-state index < -0.39 is 16.2 Å². The van der Waals surface area contributed by atoms with Gasteiger partial charge in [-0.1, -0.05) is 12.1 Å². The minimum Gasteiger partial charge on any atom is -0.493 e. The lowest BCUT2D eigenvalue weighted by Crippen LogP contribution is -2.41. The number of nitrogens with zero attached hydrogens (tertiary/aromatic N) is 1. The van der Waals surface area contributed by atoms with Gasteiger partial charge in [0.25, 0.3) is 0 Å². The summed E-state index contributed by atoms with van der Waals surface area (Å²) >= 11 is 5.56. The number of alkyl halides is 1. The first-order chi connectivity index (χ1) is 9.67. The van der Waals surface area contributed by atoms with Crippen molar-refractivity contribution >= 4 is 28.3 Å². The van der Waals surface area contributed by atoms with Crippen molar-refractivity contribution in [2.45, 2.75) is 5.37 Å². The van der Waals surface area contributed by atoms with Crippen LogP contribution in [0.25, 0.3) is 0 Å². The van der Waals surface area contributed by atoms with Crippen LogP contribution >= 0.6 is 11.6 Å². The van der Waals surface area contributed by atoms with Crippen molar-refractivity contribution in [3.05, 3.63) is 24.3 Å². The van der Waals surface area contributed by atoms with Crippen LogP contribution in [0.2, 0.25) is 0 Å². The predicted molar refractivity (Wildman–Crippen MR) is 77.7 cm³/mol. The molecule has 2 atom stereocenters. The molecule has 0 N–H and O–H groups in total. The van der Waals surface area contributed by atoms with Crippen LogP contribution in [0, 0.1) is 0 Å². The molecular formula is C13H16ClNO4S. The zero-order valence-electron chi connectivity index (χ0n) is 11.1. The number of para-hydroxylation sites is 2. The average molecular weight is 318 g/mol. The average Bonchev–Trinajstić information content (AvgIpc) is 2.85. The number of methoxy groups -OCH3 is 1. The van der Waals surface area contributed by atoms with Gasteiger partial charge >= 0.3 is 0 Å². The van der Waals surface area contributed by atoms with Crippen molar-refractivity contribution in [1.29, 1.82) is 0 Å². The number of benzene rings is 1. The molecule has 1 aliphatic rings. The van der Waals surface area contributed by atoms with Gasteiger partial charge < -0.3 is 14.4 Å². The second-order valence-electron chi connectivity index (χ2n) is 4.22. The minimum absolute atomic E-state index is 0.109. The molecule has 20 heavy (non-hydrogen) atoms. The summed E-state index contributed by atoms with van der Waals surface area (Å²) in [6.07, 6.45) is 0. The third-order valence-electron chi connectivity index (χ3n) is 3.07. The van der Waals surface area contributed by atoms with Gasteiger partial charge in [-0.05, 0) is 12.1 Å². The molecule has 1 aromatic carbocycles. The first-order valence-corrected chi connectivity index (χ1v) is 8.07. The number of hydrogen-bond acceptors (Lipinski definition) is 4. The quantitative estimate of drug-likeness (QED) is 0.767. The lowest BCUT2D eigenvalue weighted by Gasteiger charge is -2.23. The fraction of sp³-hybridized carbons (Fsp3) is 0.462. The second kappa shape index (κ2) is 6.95. The molecule has 110 valence electrons. The van der Waals surface area contributed by atoms with Gasteiger partial charge in [0.05, 0.1) is 7.11 Å². The molecule has 1 saturated heterocycles. The molecule has 2 rings (SSSR count). The molecule has 1 aromatic rings. The monoisotopic (exact) mass is 317 g/mol. The Bertz CT molecular complexity index is 511. The maximum absolute atomic E-state index is 11.9. The maximum atomic E-state index is 11.9. The molecule has 0 radical (unpaired) electrons. The standard InChI is InChI=1S/C13H16ClNO4S/c1-18-10-4-2-3-5-11(10)19-9-13-15(12(16)8-14)6-7-20(13)17/h2-5,13H,6-9H2,1H3. The van der Waals surface area contributed by atoms with Crippen LogP contribution in [0.3, 0.4) is 0 Å². The molecule has 1 aliphatic heterocycles. The molecule has 1 fully saturated rings. The van der Waals surface area contributed by atoms with E-state index in [4.69, 9.17) is 21.1 Å². The molecule has 5 nitrogen and oxygen atoms in total. The summed E-state index contributed by atoms with van der Waals surface area (Å²) in [6.45, 7) is 0.619. The number of ether oxygens (including phenoxy) is 2. The van der Waals surface area contributed by atoms with Crippen molar-refractivity contribution in [3.63, 3.8) is 0 Å². The van der Waals surface area contributed by atoms with E-state index in [0.29, 0.717) is 23.8 Å². The molecule has 0 aromatic heterocycles. The van der Waals surface area contributed by atoms with Gasteiger partial charge in [0.1, 0.15) is 17.9 Å². The Kier molecular flexibility index (Phi) is 5.25. The van der Waals surface area contributed by atoms with Crippen molar-refractivity contribution in [3.8, 4) is 11.5 Å². The van der Waals surface area contributed by atoms with Crippen LogP contribution in [0.1, 0.15) is 0 Å². The second-order valence-corrected chi connectivity index (χ2v) is 6.20. The van der Waals surface area contributed by atoms with Gasteiger partial charge in [-0.2, -0.15) is 0 Å². The molecule has 0 spiro atoms. The molecule has 1 amide bonds. The van der Waals surface area contributed by atoms with Crippen molar-refractivity contribution in [2.75, 3.05) is 31.9 Å².